The van der Waals surface area contributed by atoms with Crippen LogP contribution in [0.15, 0.2) is 85.2 Å². The fourth-order valence-corrected chi connectivity index (χ4v) is 4.90. The summed E-state index contributed by atoms with van der Waals surface area (Å²) in [6.45, 7) is 0.798. The van der Waals surface area contributed by atoms with Crippen LogP contribution in [0.4, 0.5) is 5.69 Å². The van der Waals surface area contributed by atoms with E-state index >= 15 is 0 Å². The molecule has 0 aliphatic heterocycles. The second-order valence-corrected chi connectivity index (χ2v) is 8.93. The van der Waals surface area contributed by atoms with Gasteiger partial charge in [0.15, 0.2) is 0 Å². The summed E-state index contributed by atoms with van der Waals surface area (Å²) in [5.74, 6) is 5.02. The molecule has 0 atom stereocenters. The van der Waals surface area contributed by atoms with Crippen molar-refractivity contribution in [1.29, 1.82) is 0 Å². The normalized spacial score (nSPS) is 10.9. The number of rotatable bonds is 6. The molecule has 0 aliphatic rings. The molecule has 186 valence electrons. The molecule has 0 saturated carbocycles. The number of nitrogens with zero attached hydrogens (tertiary/aromatic N) is 5. The minimum absolute atomic E-state index is 0.206. The Morgan fingerprint density at radius 3 is 2.05 bits per heavy atom. The number of carboxylic acids is 1. The third-order valence-electron chi connectivity index (χ3n) is 6.65. The van der Waals surface area contributed by atoms with Gasteiger partial charge in [0.05, 0.1) is 40.7 Å². The van der Waals surface area contributed by atoms with Crippen molar-refractivity contribution >= 4 is 44.5 Å². The number of benzene rings is 3. The van der Waals surface area contributed by atoms with E-state index in [1.54, 1.807) is 36.7 Å². The maximum atomic E-state index is 11.5. The minimum atomic E-state index is -0.983. The van der Waals surface area contributed by atoms with E-state index in [0.29, 0.717) is 18.9 Å². The van der Waals surface area contributed by atoms with Crippen LogP contribution >= 0.6 is 0 Å². The molecule has 0 aliphatic carbocycles. The summed E-state index contributed by atoms with van der Waals surface area (Å²) in [6.07, 6.45) is 14.6. The van der Waals surface area contributed by atoms with Crippen molar-refractivity contribution in [3.05, 3.63) is 90.8 Å². The number of carbonyl (C=O) groups is 1. The maximum Gasteiger partial charge on any atom is 0.335 e. The van der Waals surface area contributed by atoms with Gasteiger partial charge in [-0.2, -0.15) is 0 Å². The number of fused-ring (bicyclic) bond motifs is 6. The number of aromatic nitrogens is 4. The quantitative estimate of drug-likeness (QED) is 0.235. The molecule has 3 heterocycles. The first-order valence-corrected chi connectivity index (χ1v) is 12.2. The molecule has 0 fully saturated rings. The lowest BCUT2D eigenvalue weighted by molar-refractivity contribution is 0.0697. The Kier molecular flexibility index (Phi) is 5.88. The van der Waals surface area contributed by atoms with E-state index < -0.39 is 5.97 Å². The highest BCUT2D eigenvalue weighted by molar-refractivity contribution is 6.21. The largest absolute Gasteiger partial charge is 0.478 e. The van der Waals surface area contributed by atoms with Gasteiger partial charge in [0, 0.05) is 40.1 Å². The number of imidazole rings is 1. The highest BCUT2D eigenvalue weighted by atomic mass is 16.4. The Labute approximate surface area is 224 Å². The fraction of sp³-hybridized carbons (Fsp3) is 0.0625. The van der Waals surface area contributed by atoms with Crippen LogP contribution in [-0.4, -0.2) is 43.7 Å². The molecule has 0 radical (unpaired) electrons. The van der Waals surface area contributed by atoms with Gasteiger partial charge in [-0.15, -0.1) is 12.8 Å². The second kappa shape index (κ2) is 9.66. The molecule has 0 amide bonds. The highest BCUT2D eigenvalue weighted by Gasteiger charge is 2.21. The third kappa shape index (κ3) is 3.99. The number of hydrogen-bond acceptors (Lipinski definition) is 5. The fourth-order valence-electron chi connectivity index (χ4n) is 4.90. The zero-order valence-corrected chi connectivity index (χ0v) is 20.7. The molecule has 6 aromatic rings. The number of anilines is 1. The lowest BCUT2D eigenvalue weighted by atomic mass is 10.1. The summed E-state index contributed by atoms with van der Waals surface area (Å²) < 4.78 is 2.05. The molecule has 7 nitrogen and oxygen atoms in total. The van der Waals surface area contributed by atoms with E-state index in [-0.39, 0.29) is 5.56 Å². The van der Waals surface area contributed by atoms with Gasteiger partial charge in [-0.25, -0.2) is 9.78 Å². The molecule has 39 heavy (non-hydrogen) atoms. The van der Waals surface area contributed by atoms with Crippen molar-refractivity contribution in [2.45, 2.75) is 0 Å². The zero-order valence-electron chi connectivity index (χ0n) is 20.7. The van der Waals surface area contributed by atoms with Gasteiger partial charge in [-0.3, -0.25) is 14.5 Å². The number of hydrogen-bond donors (Lipinski definition) is 1. The van der Waals surface area contributed by atoms with Gasteiger partial charge in [0.25, 0.3) is 0 Å². The molecular formula is C32H21N5O2. The average molecular weight is 508 g/mol. The summed E-state index contributed by atoms with van der Waals surface area (Å²) in [6, 6.07) is 22.5. The van der Waals surface area contributed by atoms with Crippen molar-refractivity contribution in [2.75, 3.05) is 18.0 Å². The van der Waals surface area contributed by atoms with Gasteiger partial charge < -0.3 is 10.0 Å². The molecule has 0 bridgehead atoms. The molecular weight excluding hydrogens is 486 g/mol. The van der Waals surface area contributed by atoms with Crippen LogP contribution in [0.1, 0.15) is 10.4 Å². The molecule has 0 unspecified atom stereocenters. The predicted octanol–water partition coefficient (Wildman–Crippen LogP) is 5.56. The Hall–Kier alpha value is -5.66. The van der Waals surface area contributed by atoms with Crippen LogP contribution in [0, 0.1) is 24.7 Å². The van der Waals surface area contributed by atoms with Crippen LogP contribution in [0.3, 0.4) is 0 Å². The van der Waals surface area contributed by atoms with Crippen LogP contribution in [0.2, 0.25) is 0 Å². The topological polar surface area (TPSA) is 84.1 Å². The number of aromatic carboxylic acids is 1. The van der Waals surface area contributed by atoms with Crippen molar-refractivity contribution in [3.63, 3.8) is 0 Å². The predicted molar refractivity (Wildman–Crippen MR) is 154 cm³/mol. The average Bonchev–Trinajstić information content (AvgIpc) is 3.38. The van der Waals surface area contributed by atoms with Crippen LogP contribution in [-0.2, 0) is 0 Å². The van der Waals surface area contributed by atoms with Crippen molar-refractivity contribution in [3.8, 4) is 41.8 Å². The molecule has 3 aromatic carbocycles. The Bertz CT molecular complexity index is 1940. The smallest absolute Gasteiger partial charge is 0.335 e. The first kappa shape index (κ1) is 23.7. The van der Waals surface area contributed by atoms with Crippen LogP contribution in [0.5, 0.6) is 0 Å². The van der Waals surface area contributed by atoms with Crippen LogP contribution < -0.4 is 4.90 Å². The van der Waals surface area contributed by atoms with E-state index in [1.165, 1.54) is 0 Å². The van der Waals surface area contributed by atoms with Gasteiger partial charge >= 0.3 is 5.97 Å². The molecule has 7 heteroatoms. The molecule has 3 aromatic heterocycles. The standard InChI is InChI=1S/C32H21N5O2/c1-3-19-36(20-4-2)23-13-9-21(10-14-23)31-35-29-25-7-5-17-33-27(25)28-26(8-6-18-34-28)30(29)37(31)24-15-11-22(12-16-24)32(38)39/h1-2,5-18H,19-20H2,(H,38,39). The number of pyridine rings is 2. The number of terminal acetylenes is 2. The molecule has 0 saturated heterocycles. The molecule has 6 rings (SSSR count). The van der Waals surface area contributed by atoms with Gasteiger partial charge in [0.1, 0.15) is 5.82 Å². The second-order valence-electron chi connectivity index (χ2n) is 8.93. The van der Waals surface area contributed by atoms with Crippen LogP contribution in [0.25, 0.3) is 49.9 Å². The van der Waals surface area contributed by atoms with Gasteiger partial charge in [0.2, 0.25) is 0 Å². The first-order valence-electron chi connectivity index (χ1n) is 12.2. The summed E-state index contributed by atoms with van der Waals surface area (Å²) >= 11 is 0. The number of carboxylic acid groups (broad SMARTS) is 1. The SMILES string of the molecule is C#CCN(CC#C)c1ccc(-c2nc3c4cccnc4c4ncccc4c3n2-c2ccc(C(=O)O)cc2)cc1. The van der Waals surface area contributed by atoms with Crippen molar-refractivity contribution in [1.82, 2.24) is 19.5 Å². The van der Waals surface area contributed by atoms with E-state index in [4.69, 9.17) is 17.8 Å². The summed E-state index contributed by atoms with van der Waals surface area (Å²) in [4.78, 5) is 27.9. The third-order valence-corrected chi connectivity index (χ3v) is 6.65. The lowest BCUT2D eigenvalue weighted by Crippen LogP contribution is -2.23. The maximum absolute atomic E-state index is 11.5. The first-order chi connectivity index (χ1) is 19.1. The monoisotopic (exact) mass is 507 g/mol. The minimum Gasteiger partial charge on any atom is -0.478 e. The van der Waals surface area contributed by atoms with E-state index in [2.05, 4.69) is 21.8 Å². The summed E-state index contributed by atoms with van der Waals surface area (Å²) in [5, 5.41) is 11.2. The van der Waals surface area contributed by atoms with E-state index in [0.717, 1.165) is 49.8 Å². The molecule has 1 N–H and O–H groups in total. The summed E-state index contributed by atoms with van der Waals surface area (Å²) in [7, 11) is 0. The zero-order chi connectivity index (χ0) is 26.9. The Balaban J connectivity index is 1.66. The summed E-state index contributed by atoms with van der Waals surface area (Å²) in [5.41, 5.74) is 5.94. The highest BCUT2D eigenvalue weighted by Crippen LogP contribution is 2.38. The van der Waals surface area contributed by atoms with Crippen molar-refractivity contribution in [2.24, 2.45) is 0 Å². The van der Waals surface area contributed by atoms with Gasteiger partial charge in [-0.1, -0.05) is 11.8 Å². The Morgan fingerprint density at radius 1 is 0.821 bits per heavy atom. The Morgan fingerprint density at radius 2 is 1.44 bits per heavy atom. The van der Waals surface area contributed by atoms with Crippen molar-refractivity contribution < 1.29 is 9.90 Å². The van der Waals surface area contributed by atoms with Gasteiger partial charge in [-0.05, 0) is 72.8 Å². The lowest BCUT2D eigenvalue weighted by Gasteiger charge is -2.20. The molecule has 0 spiro atoms. The van der Waals surface area contributed by atoms with E-state index in [1.807, 2.05) is 58.0 Å². The van der Waals surface area contributed by atoms with E-state index in [9.17, 15) is 9.90 Å².